The number of nitrogens with zero attached hydrogens (tertiary/aromatic N) is 3. The lowest BCUT2D eigenvalue weighted by Gasteiger charge is -2.26. The first-order valence-corrected chi connectivity index (χ1v) is 13.2. The molecule has 2 aliphatic heterocycles. The molecule has 0 aliphatic carbocycles. The van der Waals surface area contributed by atoms with E-state index in [1.54, 1.807) is 23.1 Å². The van der Waals surface area contributed by atoms with Crippen LogP contribution in [0.2, 0.25) is 0 Å². The zero-order valence-corrected chi connectivity index (χ0v) is 20.5. The zero-order chi connectivity index (χ0) is 23.7. The number of halogens is 2. The molecule has 11 heteroatoms. The fourth-order valence-electron chi connectivity index (χ4n) is 3.54. The van der Waals surface area contributed by atoms with Crippen molar-refractivity contribution in [2.75, 3.05) is 31.2 Å². The Hall–Kier alpha value is -2.60. The first-order chi connectivity index (χ1) is 16.5. The maximum Gasteiger partial charge on any atom is 0.275 e. The molecule has 0 saturated carbocycles. The van der Waals surface area contributed by atoms with Gasteiger partial charge in [0.05, 0.1) is 35.1 Å². The van der Waals surface area contributed by atoms with E-state index >= 15 is 0 Å². The standard InChI is InChI=1S/C23H20F2N4O2S3/c1-13-5-6-16(20(34-13)17-11-33-23(28-17)29-7-9-31-10-8-29)26-21(30)18-12-32-22(27-18)19-14(24)3-2-4-15(19)25/h2-6,11-13H,7-10H2,1H3,(H,26,30). The maximum atomic E-state index is 14.1. The van der Waals surface area contributed by atoms with E-state index < -0.39 is 17.5 Å². The number of hydrogen-bond donors (Lipinski definition) is 1. The van der Waals surface area contributed by atoms with Crippen LogP contribution in [0.1, 0.15) is 23.1 Å². The van der Waals surface area contributed by atoms with Crippen molar-refractivity contribution in [3.05, 3.63) is 69.8 Å². The summed E-state index contributed by atoms with van der Waals surface area (Å²) < 4.78 is 33.7. The van der Waals surface area contributed by atoms with Crippen LogP contribution in [0.25, 0.3) is 15.5 Å². The fraction of sp³-hybridized carbons (Fsp3) is 0.261. The molecule has 1 N–H and O–H groups in total. The summed E-state index contributed by atoms with van der Waals surface area (Å²) in [5, 5.41) is 7.66. The Morgan fingerprint density at radius 3 is 2.68 bits per heavy atom. The van der Waals surface area contributed by atoms with Crippen molar-refractivity contribution in [3.8, 4) is 10.6 Å². The second-order valence-electron chi connectivity index (χ2n) is 7.63. The molecule has 6 nitrogen and oxygen atoms in total. The number of benzene rings is 1. The minimum Gasteiger partial charge on any atom is -0.378 e. The predicted molar refractivity (Wildman–Crippen MR) is 133 cm³/mol. The monoisotopic (exact) mass is 518 g/mol. The van der Waals surface area contributed by atoms with E-state index in [9.17, 15) is 13.6 Å². The summed E-state index contributed by atoms with van der Waals surface area (Å²) in [5.74, 6) is -1.88. The SMILES string of the molecule is CC1C=CC(NC(=O)c2csc(-c3c(F)cccc3F)n2)=C(c2csc(N3CCOCC3)n2)S1. The van der Waals surface area contributed by atoms with Crippen molar-refractivity contribution in [1.29, 1.82) is 0 Å². The molecule has 1 fully saturated rings. The van der Waals surface area contributed by atoms with Crippen molar-refractivity contribution >= 4 is 50.4 Å². The Morgan fingerprint density at radius 2 is 1.91 bits per heavy atom. The van der Waals surface area contributed by atoms with E-state index in [2.05, 4.69) is 22.1 Å². The Kier molecular flexibility index (Phi) is 6.77. The van der Waals surface area contributed by atoms with Crippen molar-refractivity contribution in [3.63, 3.8) is 0 Å². The molecule has 2 aliphatic rings. The number of allylic oxidation sites excluding steroid dienone is 1. The van der Waals surface area contributed by atoms with E-state index in [1.165, 1.54) is 23.6 Å². The van der Waals surface area contributed by atoms with Crippen LogP contribution in [0.3, 0.4) is 0 Å². The number of nitrogens with one attached hydrogen (secondary N) is 1. The van der Waals surface area contributed by atoms with Gasteiger partial charge in [0.15, 0.2) is 5.13 Å². The van der Waals surface area contributed by atoms with Gasteiger partial charge in [-0.05, 0) is 25.1 Å². The van der Waals surface area contributed by atoms with E-state index in [0.717, 1.165) is 40.2 Å². The minimum atomic E-state index is -0.716. The van der Waals surface area contributed by atoms with Crippen LogP contribution < -0.4 is 10.2 Å². The van der Waals surface area contributed by atoms with Gasteiger partial charge in [0, 0.05) is 29.1 Å². The fourth-order valence-corrected chi connectivity index (χ4v) is 6.33. The number of thiazole rings is 2. The van der Waals surface area contributed by atoms with Crippen molar-refractivity contribution in [2.45, 2.75) is 12.2 Å². The molecule has 2 aromatic heterocycles. The van der Waals surface area contributed by atoms with E-state index in [1.807, 2.05) is 17.5 Å². The maximum absolute atomic E-state index is 14.1. The quantitative estimate of drug-likeness (QED) is 0.503. The summed E-state index contributed by atoms with van der Waals surface area (Å²) in [5.41, 5.74) is 1.29. The topological polar surface area (TPSA) is 67.4 Å². The van der Waals surface area contributed by atoms with Gasteiger partial charge in [-0.2, -0.15) is 0 Å². The Balaban J connectivity index is 1.39. The van der Waals surface area contributed by atoms with Crippen molar-refractivity contribution < 1.29 is 18.3 Å². The van der Waals surface area contributed by atoms with Gasteiger partial charge in [0.25, 0.3) is 5.91 Å². The lowest BCUT2D eigenvalue weighted by molar-refractivity contribution is 0.0963. The highest BCUT2D eigenvalue weighted by molar-refractivity contribution is 8.09. The van der Waals surface area contributed by atoms with Crippen LogP contribution in [0.4, 0.5) is 13.9 Å². The lowest BCUT2D eigenvalue weighted by atomic mass is 10.2. The first-order valence-electron chi connectivity index (χ1n) is 10.6. The highest BCUT2D eigenvalue weighted by Crippen LogP contribution is 2.39. The van der Waals surface area contributed by atoms with E-state index in [4.69, 9.17) is 9.72 Å². The largest absolute Gasteiger partial charge is 0.378 e. The zero-order valence-electron chi connectivity index (χ0n) is 18.1. The molecule has 1 amide bonds. The highest BCUT2D eigenvalue weighted by atomic mass is 32.2. The molecule has 5 rings (SSSR count). The number of thioether (sulfide) groups is 1. The van der Waals surface area contributed by atoms with Gasteiger partial charge in [0.1, 0.15) is 22.3 Å². The number of amides is 1. The number of rotatable bonds is 5. The van der Waals surface area contributed by atoms with Crippen molar-refractivity contribution in [2.24, 2.45) is 0 Å². The number of aromatic nitrogens is 2. The Labute approximate surface area is 207 Å². The van der Waals surface area contributed by atoms with E-state index in [-0.39, 0.29) is 21.5 Å². The third-order valence-electron chi connectivity index (χ3n) is 5.25. The van der Waals surface area contributed by atoms with Gasteiger partial charge >= 0.3 is 0 Å². The number of anilines is 1. The molecule has 176 valence electrons. The summed E-state index contributed by atoms with van der Waals surface area (Å²) in [4.78, 5) is 25.0. The number of ether oxygens (including phenoxy) is 1. The second-order valence-corrected chi connectivity index (χ2v) is 10.7. The van der Waals surface area contributed by atoms with Gasteiger partial charge in [-0.1, -0.05) is 12.1 Å². The smallest absolute Gasteiger partial charge is 0.275 e. The van der Waals surface area contributed by atoms with E-state index in [0.29, 0.717) is 18.9 Å². The van der Waals surface area contributed by atoms with Gasteiger partial charge in [-0.25, -0.2) is 18.7 Å². The number of morpholine rings is 1. The Bertz CT molecular complexity index is 1260. The molecule has 1 atom stereocenters. The third kappa shape index (κ3) is 4.78. The van der Waals surface area contributed by atoms with Gasteiger partial charge in [-0.3, -0.25) is 4.79 Å². The molecular formula is C23H20F2N4O2S3. The molecule has 1 unspecified atom stereocenters. The minimum absolute atomic E-state index is 0.0961. The second kappa shape index (κ2) is 9.95. The summed E-state index contributed by atoms with van der Waals surface area (Å²) in [7, 11) is 0. The van der Waals surface area contributed by atoms with Crippen LogP contribution in [0.5, 0.6) is 0 Å². The molecule has 0 spiro atoms. The molecule has 4 heterocycles. The number of carbonyl (C=O) groups is 1. The van der Waals surface area contributed by atoms with Crippen LogP contribution in [-0.4, -0.2) is 47.4 Å². The molecule has 1 saturated heterocycles. The average Bonchev–Trinajstić information content (AvgIpc) is 3.51. The lowest BCUT2D eigenvalue weighted by Crippen LogP contribution is -2.36. The highest BCUT2D eigenvalue weighted by Gasteiger charge is 2.24. The normalized spacial score (nSPS) is 18.4. The average molecular weight is 519 g/mol. The van der Waals surface area contributed by atoms with Gasteiger partial charge in [0.2, 0.25) is 0 Å². The summed E-state index contributed by atoms with van der Waals surface area (Å²) in [6.45, 7) is 5.03. The molecule has 1 aromatic carbocycles. The van der Waals surface area contributed by atoms with Crippen LogP contribution in [-0.2, 0) is 4.74 Å². The summed E-state index contributed by atoms with van der Waals surface area (Å²) in [6.07, 6.45) is 3.87. The third-order valence-corrected chi connectivity index (χ3v) is 8.21. The summed E-state index contributed by atoms with van der Waals surface area (Å²) >= 11 is 4.20. The van der Waals surface area contributed by atoms with Crippen molar-refractivity contribution in [1.82, 2.24) is 15.3 Å². The van der Waals surface area contributed by atoms with Crippen LogP contribution >= 0.6 is 34.4 Å². The van der Waals surface area contributed by atoms with Crippen LogP contribution in [0, 0.1) is 11.6 Å². The molecule has 0 bridgehead atoms. The van der Waals surface area contributed by atoms with Gasteiger partial charge in [-0.15, -0.1) is 34.4 Å². The first kappa shape index (κ1) is 23.2. The molecule has 3 aromatic rings. The van der Waals surface area contributed by atoms with Crippen LogP contribution in [0.15, 0.2) is 46.8 Å². The number of carbonyl (C=O) groups excluding carboxylic acids is 1. The molecule has 34 heavy (non-hydrogen) atoms. The predicted octanol–water partition coefficient (Wildman–Crippen LogP) is 5.17. The number of hydrogen-bond acceptors (Lipinski definition) is 8. The summed E-state index contributed by atoms with van der Waals surface area (Å²) in [6, 6.07) is 3.63. The molecule has 0 radical (unpaired) electrons. The molecular weight excluding hydrogens is 498 g/mol. The van der Waals surface area contributed by atoms with Gasteiger partial charge < -0.3 is 15.0 Å². The Morgan fingerprint density at radius 1 is 1.15 bits per heavy atom.